The number of benzene rings is 2. The number of nitrogens with one attached hydrogen (secondary N) is 1. The Labute approximate surface area is 184 Å². The summed E-state index contributed by atoms with van der Waals surface area (Å²) in [6.07, 6.45) is 1.000. The van der Waals surface area contributed by atoms with Gasteiger partial charge in [0.1, 0.15) is 5.75 Å². The predicted molar refractivity (Wildman–Crippen MR) is 128 cm³/mol. The largest absolute Gasteiger partial charge is 0.495 e. The number of aliphatic imine (C=N–C) groups is 1. The summed E-state index contributed by atoms with van der Waals surface area (Å²) in [5.41, 5.74) is 8.14. The zero-order chi connectivity index (χ0) is 18.9. The number of anilines is 2. The lowest BCUT2D eigenvalue weighted by molar-refractivity contribution is 0.256. The van der Waals surface area contributed by atoms with Crippen LogP contribution in [0.3, 0.4) is 0 Å². The highest BCUT2D eigenvalue weighted by Crippen LogP contribution is 2.22. The average molecular weight is 495 g/mol. The minimum absolute atomic E-state index is 0. The fourth-order valence-corrected chi connectivity index (χ4v) is 3.29. The molecule has 0 spiro atoms. The maximum absolute atomic E-state index is 5.99. The smallest absolute Gasteiger partial charge is 0.193 e. The third-order valence-corrected chi connectivity index (χ3v) is 4.78. The summed E-state index contributed by atoms with van der Waals surface area (Å²) in [5, 5.41) is 3.11. The number of para-hydroxylation sites is 3. The fraction of sp³-hybridized carbons (Fsp3) is 0.381. The average Bonchev–Trinajstić information content (AvgIpc) is 2.73. The van der Waals surface area contributed by atoms with Gasteiger partial charge in [0.25, 0.3) is 0 Å². The highest BCUT2D eigenvalue weighted by molar-refractivity contribution is 14.0. The van der Waals surface area contributed by atoms with Crippen LogP contribution < -0.4 is 20.7 Å². The van der Waals surface area contributed by atoms with Crippen LogP contribution in [0.1, 0.15) is 6.42 Å². The molecule has 6 nitrogen and oxygen atoms in total. The Balaban J connectivity index is 0.00000280. The molecule has 0 aromatic heterocycles. The lowest BCUT2D eigenvalue weighted by Crippen LogP contribution is -2.46. The third kappa shape index (κ3) is 6.56. The highest BCUT2D eigenvalue weighted by atomic mass is 127. The summed E-state index contributed by atoms with van der Waals surface area (Å²) >= 11 is 0. The number of rotatable bonds is 7. The molecule has 1 aliphatic rings. The molecule has 1 fully saturated rings. The molecule has 2 aromatic carbocycles. The first-order chi connectivity index (χ1) is 13.3. The Morgan fingerprint density at radius 2 is 1.71 bits per heavy atom. The van der Waals surface area contributed by atoms with Crippen molar-refractivity contribution < 1.29 is 4.74 Å². The van der Waals surface area contributed by atoms with Crippen LogP contribution in [0.4, 0.5) is 11.4 Å². The Hall–Kier alpha value is -2.00. The molecule has 1 heterocycles. The molecule has 0 atom stereocenters. The second-order valence-corrected chi connectivity index (χ2v) is 6.61. The van der Waals surface area contributed by atoms with Crippen molar-refractivity contribution in [1.82, 2.24) is 4.90 Å². The van der Waals surface area contributed by atoms with Crippen LogP contribution >= 0.6 is 24.0 Å². The molecule has 1 aliphatic heterocycles. The van der Waals surface area contributed by atoms with Crippen LogP contribution in [-0.2, 0) is 0 Å². The monoisotopic (exact) mass is 495 g/mol. The molecule has 3 rings (SSSR count). The molecule has 0 radical (unpaired) electrons. The molecule has 0 unspecified atom stereocenters. The van der Waals surface area contributed by atoms with Gasteiger partial charge in [-0.2, -0.15) is 0 Å². The molecular weight excluding hydrogens is 465 g/mol. The number of hydrogen-bond acceptors (Lipinski definition) is 4. The van der Waals surface area contributed by atoms with Crippen molar-refractivity contribution in [3.05, 3.63) is 54.6 Å². The molecular formula is C21H30IN5O. The van der Waals surface area contributed by atoms with Crippen LogP contribution in [0.5, 0.6) is 5.75 Å². The van der Waals surface area contributed by atoms with Crippen molar-refractivity contribution in [2.45, 2.75) is 6.42 Å². The van der Waals surface area contributed by atoms with Gasteiger partial charge in [0.05, 0.1) is 12.8 Å². The lowest BCUT2D eigenvalue weighted by atomic mass is 10.2. The van der Waals surface area contributed by atoms with E-state index in [9.17, 15) is 0 Å². The van der Waals surface area contributed by atoms with Crippen molar-refractivity contribution in [2.75, 3.05) is 56.6 Å². The number of methoxy groups -OCH3 is 1. The van der Waals surface area contributed by atoms with Gasteiger partial charge in [0.2, 0.25) is 0 Å². The number of nitrogens with two attached hydrogens (primary N) is 1. The third-order valence-electron chi connectivity index (χ3n) is 4.78. The van der Waals surface area contributed by atoms with Crippen molar-refractivity contribution in [1.29, 1.82) is 0 Å². The summed E-state index contributed by atoms with van der Waals surface area (Å²) in [4.78, 5) is 9.38. The minimum atomic E-state index is 0. The van der Waals surface area contributed by atoms with E-state index in [2.05, 4.69) is 50.4 Å². The van der Waals surface area contributed by atoms with Crippen LogP contribution in [0, 0.1) is 0 Å². The van der Waals surface area contributed by atoms with Crippen LogP contribution in [-0.4, -0.2) is 57.2 Å². The van der Waals surface area contributed by atoms with Gasteiger partial charge in [0.15, 0.2) is 5.96 Å². The first-order valence-electron chi connectivity index (χ1n) is 9.48. The van der Waals surface area contributed by atoms with E-state index in [1.54, 1.807) is 7.11 Å². The van der Waals surface area contributed by atoms with E-state index in [-0.39, 0.29) is 24.0 Å². The number of halogens is 1. The lowest BCUT2D eigenvalue weighted by Gasteiger charge is -2.36. The zero-order valence-electron chi connectivity index (χ0n) is 16.4. The highest BCUT2D eigenvalue weighted by Gasteiger charge is 2.16. The maximum Gasteiger partial charge on any atom is 0.193 e. The standard InChI is InChI=1S/C21H29N5O.HI/c1-27-20-11-6-5-10-19(20)24-21(22)23-12-7-13-25-14-16-26(17-15-25)18-8-3-2-4-9-18;/h2-6,8-11H,7,12-17H2,1H3,(H3,22,23,24);1H. The van der Waals surface area contributed by atoms with E-state index in [0.29, 0.717) is 12.5 Å². The molecule has 28 heavy (non-hydrogen) atoms. The van der Waals surface area contributed by atoms with Crippen molar-refractivity contribution in [3.8, 4) is 5.75 Å². The van der Waals surface area contributed by atoms with Crippen LogP contribution in [0.2, 0.25) is 0 Å². The number of ether oxygens (including phenoxy) is 1. The number of hydrogen-bond donors (Lipinski definition) is 2. The molecule has 2 aromatic rings. The first-order valence-corrected chi connectivity index (χ1v) is 9.48. The predicted octanol–water partition coefficient (Wildman–Crippen LogP) is 3.25. The van der Waals surface area contributed by atoms with E-state index in [1.807, 2.05) is 24.3 Å². The molecule has 152 valence electrons. The number of nitrogens with zero attached hydrogens (tertiary/aromatic N) is 3. The second-order valence-electron chi connectivity index (χ2n) is 6.61. The van der Waals surface area contributed by atoms with Gasteiger partial charge in [-0.05, 0) is 30.7 Å². The topological polar surface area (TPSA) is 66.1 Å². The first kappa shape index (κ1) is 22.3. The van der Waals surface area contributed by atoms with Gasteiger partial charge in [-0.1, -0.05) is 30.3 Å². The van der Waals surface area contributed by atoms with E-state index < -0.39 is 0 Å². The molecule has 3 N–H and O–H groups in total. The van der Waals surface area contributed by atoms with Crippen molar-refractivity contribution >= 4 is 41.3 Å². The molecule has 0 amide bonds. The van der Waals surface area contributed by atoms with Crippen LogP contribution in [0.25, 0.3) is 0 Å². The Morgan fingerprint density at radius 1 is 1.04 bits per heavy atom. The van der Waals surface area contributed by atoms with Gasteiger partial charge in [-0.25, -0.2) is 0 Å². The maximum atomic E-state index is 5.99. The quantitative estimate of drug-likeness (QED) is 0.267. The van der Waals surface area contributed by atoms with Crippen molar-refractivity contribution in [2.24, 2.45) is 10.7 Å². The fourth-order valence-electron chi connectivity index (χ4n) is 3.29. The van der Waals surface area contributed by atoms with E-state index in [4.69, 9.17) is 10.5 Å². The van der Waals surface area contributed by atoms with Crippen molar-refractivity contribution in [3.63, 3.8) is 0 Å². The normalized spacial score (nSPS) is 15.0. The Morgan fingerprint density at radius 3 is 2.43 bits per heavy atom. The Kier molecular flexibility index (Phi) is 9.36. The molecule has 0 saturated carbocycles. The van der Waals surface area contributed by atoms with Gasteiger partial charge in [-0.15, -0.1) is 24.0 Å². The van der Waals surface area contributed by atoms with E-state index in [1.165, 1.54) is 5.69 Å². The van der Waals surface area contributed by atoms with E-state index in [0.717, 1.165) is 50.6 Å². The second kappa shape index (κ2) is 11.8. The summed E-state index contributed by atoms with van der Waals surface area (Å²) in [6, 6.07) is 18.3. The Bertz CT molecular complexity index is 733. The number of guanidine groups is 1. The summed E-state index contributed by atoms with van der Waals surface area (Å²) in [5.74, 6) is 1.18. The van der Waals surface area contributed by atoms with Gasteiger partial charge >= 0.3 is 0 Å². The SMILES string of the molecule is COc1ccccc1NC(N)=NCCCN1CCN(c2ccccc2)CC1.I. The summed E-state index contributed by atoms with van der Waals surface area (Å²) in [6.45, 7) is 6.09. The van der Waals surface area contributed by atoms with Crippen LogP contribution in [0.15, 0.2) is 59.6 Å². The molecule has 0 bridgehead atoms. The van der Waals surface area contributed by atoms with Gasteiger partial charge in [-0.3, -0.25) is 9.89 Å². The number of piperazine rings is 1. The summed E-state index contributed by atoms with van der Waals surface area (Å²) < 4.78 is 5.31. The van der Waals surface area contributed by atoms with Gasteiger partial charge in [0, 0.05) is 45.0 Å². The molecule has 1 saturated heterocycles. The summed E-state index contributed by atoms with van der Waals surface area (Å²) in [7, 11) is 1.64. The minimum Gasteiger partial charge on any atom is -0.495 e. The molecule has 7 heteroatoms. The zero-order valence-corrected chi connectivity index (χ0v) is 18.7. The van der Waals surface area contributed by atoms with E-state index >= 15 is 0 Å². The molecule has 0 aliphatic carbocycles. The van der Waals surface area contributed by atoms with Gasteiger partial charge < -0.3 is 20.7 Å².